The largest absolute Gasteiger partial charge is 0.507 e. The molecule has 1 unspecified atom stereocenters. The Hall–Kier alpha value is -1.19. The fourth-order valence-electron chi connectivity index (χ4n) is 1.79. The van der Waals surface area contributed by atoms with E-state index in [1.54, 1.807) is 31.2 Å². The first kappa shape index (κ1) is 14.9. The number of rotatable bonds is 2. The van der Waals surface area contributed by atoms with Crippen LogP contribution in [0, 0.1) is 0 Å². The summed E-state index contributed by atoms with van der Waals surface area (Å²) in [6.07, 6.45) is 0. The standard InChI is InChI=1S/C12H10Cl2O3.CH4/c1-12(7-5-3-2-4-6-7)9(15)8(10(13)14)11(16)17-12;/h2-6,10,15H,1H3;1H4. The van der Waals surface area contributed by atoms with Crippen LogP contribution in [0.1, 0.15) is 19.9 Å². The number of benzene rings is 1. The predicted octanol–water partition coefficient (Wildman–Crippen LogP) is 3.71. The Morgan fingerprint density at radius 2 is 1.83 bits per heavy atom. The highest BCUT2D eigenvalue weighted by Crippen LogP contribution is 2.41. The molecule has 0 spiro atoms. The van der Waals surface area contributed by atoms with Gasteiger partial charge in [-0.1, -0.05) is 61.0 Å². The highest BCUT2D eigenvalue weighted by molar-refractivity contribution is 6.48. The van der Waals surface area contributed by atoms with Crippen molar-refractivity contribution in [3.8, 4) is 0 Å². The van der Waals surface area contributed by atoms with Gasteiger partial charge in [0.25, 0.3) is 0 Å². The van der Waals surface area contributed by atoms with Gasteiger partial charge in [-0.15, -0.1) is 0 Å². The molecule has 1 atom stereocenters. The number of aliphatic hydroxyl groups is 1. The molecule has 1 aliphatic heterocycles. The summed E-state index contributed by atoms with van der Waals surface area (Å²) in [7, 11) is 0. The van der Waals surface area contributed by atoms with Crippen LogP contribution in [0.15, 0.2) is 41.7 Å². The second-order valence-electron chi connectivity index (χ2n) is 3.85. The van der Waals surface area contributed by atoms with Gasteiger partial charge in [0, 0.05) is 5.56 Å². The number of hydrogen-bond acceptors (Lipinski definition) is 3. The van der Waals surface area contributed by atoms with Crippen LogP contribution in [0.25, 0.3) is 0 Å². The molecule has 0 amide bonds. The molecule has 0 fully saturated rings. The topological polar surface area (TPSA) is 46.5 Å². The number of carbonyl (C=O) groups excluding carboxylic acids is 1. The molecule has 5 heteroatoms. The van der Waals surface area contributed by atoms with Gasteiger partial charge in [-0.25, -0.2) is 4.79 Å². The van der Waals surface area contributed by atoms with Crippen molar-refractivity contribution < 1.29 is 14.6 Å². The number of alkyl halides is 2. The summed E-state index contributed by atoms with van der Waals surface area (Å²) >= 11 is 11.3. The van der Waals surface area contributed by atoms with Gasteiger partial charge in [-0.2, -0.15) is 0 Å². The fourth-order valence-corrected chi connectivity index (χ4v) is 2.17. The number of ether oxygens (including phenoxy) is 1. The Labute approximate surface area is 116 Å². The van der Waals surface area contributed by atoms with Crippen LogP contribution in [0.3, 0.4) is 0 Å². The highest BCUT2D eigenvalue weighted by atomic mass is 35.5. The monoisotopic (exact) mass is 288 g/mol. The maximum atomic E-state index is 11.6. The predicted molar refractivity (Wildman–Crippen MR) is 71.8 cm³/mol. The van der Waals surface area contributed by atoms with E-state index in [2.05, 4.69) is 0 Å². The molecule has 0 saturated heterocycles. The summed E-state index contributed by atoms with van der Waals surface area (Å²) in [4.78, 5) is 10.5. The lowest BCUT2D eigenvalue weighted by Gasteiger charge is -2.23. The Morgan fingerprint density at radius 1 is 1.28 bits per heavy atom. The average Bonchev–Trinajstić information content (AvgIpc) is 2.52. The molecule has 3 nitrogen and oxygen atoms in total. The Kier molecular flexibility index (Phi) is 4.30. The summed E-state index contributed by atoms with van der Waals surface area (Å²) in [6.45, 7) is 1.60. The molecule has 0 bridgehead atoms. The van der Waals surface area contributed by atoms with Gasteiger partial charge in [-0.3, -0.25) is 0 Å². The first-order chi connectivity index (χ1) is 7.97. The van der Waals surface area contributed by atoms with Gasteiger partial charge in [0.1, 0.15) is 10.4 Å². The molecular formula is C13H14Cl2O3. The number of esters is 1. The van der Waals surface area contributed by atoms with Gasteiger partial charge in [0.2, 0.25) is 0 Å². The van der Waals surface area contributed by atoms with Crippen molar-refractivity contribution in [3.05, 3.63) is 47.2 Å². The summed E-state index contributed by atoms with van der Waals surface area (Å²) in [5.74, 6) is -0.924. The smallest absolute Gasteiger partial charge is 0.341 e. The van der Waals surface area contributed by atoms with E-state index in [9.17, 15) is 9.90 Å². The zero-order chi connectivity index (χ0) is 12.6. The third kappa shape index (κ3) is 2.20. The first-order valence-electron chi connectivity index (χ1n) is 4.97. The molecule has 1 aliphatic rings. The van der Waals surface area contributed by atoms with Crippen LogP contribution in [-0.4, -0.2) is 15.9 Å². The minimum Gasteiger partial charge on any atom is -0.507 e. The van der Waals surface area contributed by atoms with Crippen LogP contribution >= 0.6 is 23.2 Å². The second kappa shape index (κ2) is 5.21. The van der Waals surface area contributed by atoms with Crippen molar-refractivity contribution in [2.24, 2.45) is 0 Å². The van der Waals surface area contributed by atoms with E-state index < -0.39 is 16.4 Å². The van der Waals surface area contributed by atoms with Gasteiger partial charge < -0.3 is 9.84 Å². The SMILES string of the molecule is C.CC1(c2ccccc2)OC(=O)C(C(Cl)Cl)=C1O. The molecule has 18 heavy (non-hydrogen) atoms. The molecule has 98 valence electrons. The summed E-state index contributed by atoms with van der Waals surface area (Å²) < 4.78 is 5.19. The summed E-state index contributed by atoms with van der Waals surface area (Å²) in [5.41, 5.74) is -0.648. The normalized spacial score (nSPS) is 23.0. The Morgan fingerprint density at radius 3 is 2.28 bits per heavy atom. The molecule has 1 N–H and O–H groups in total. The van der Waals surface area contributed by atoms with E-state index in [0.29, 0.717) is 5.56 Å². The fraction of sp³-hybridized carbons (Fsp3) is 0.308. The maximum Gasteiger partial charge on any atom is 0.341 e. The first-order valence-corrected chi connectivity index (χ1v) is 5.84. The van der Waals surface area contributed by atoms with Gasteiger partial charge in [-0.05, 0) is 6.92 Å². The molecule has 1 aromatic rings. The number of hydrogen-bond donors (Lipinski definition) is 1. The van der Waals surface area contributed by atoms with Crippen molar-refractivity contribution in [2.75, 3.05) is 0 Å². The van der Waals surface area contributed by atoms with Crippen LogP contribution in [-0.2, 0) is 15.1 Å². The molecule has 2 rings (SSSR count). The molecule has 1 heterocycles. The van der Waals surface area contributed by atoms with Crippen LogP contribution in [0.2, 0.25) is 0 Å². The second-order valence-corrected chi connectivity index (χ2v) is 4.95. The average molecular weight is 289 g/mol. The van der Waals surface area contributed by atoms with Crippen LogP contribution in [0.4, 0.5) is 0 Å². The number of cyclic esters (lactones) is 1. The zero-order valence-corrected chi connectivity index (χ0v) is 10.5. The molecule has 0 aromatic heterocycles. The third-order valence-corrected chi connectivity index (χ3v) is 3.20. The molecule has 1 aromatic carbocycles. The van der Waals surface area contributed by atoms with Crippen molar-refractivity contribution in [1.29, 1.82) is 0 Å². The zero-order valence-electron chi connectivity index (χ0n) is 8.98. The van der Waals surface area contributed by atoms with Crippen molar-refractivity contribution in [1.82, 2.24) is 0 Å². The number of aliphatic hydroxyl groups excluding tert-OH is 1. The summed E-state index contributed by atoms with van der Waals surface area (Å²) in [6, 6.07) is 8.92. The Balaban J connectivity index is 0.00000162. The van der Waals surface area contributed by atoms with E-state index in [1.807, 2.05) is 6.07 Å². The summed E-state index contributed by atoms with van der Waals surface area (Å²) in [5, 5.41) is 10.1. The minimum absolute atomic E-state index is 0. The van der Waals surface area contributed by atoms with Crippen molar-refractivity contribution in [3.63, 3.8) is 0 Å². The van der Waals surface area contributed by atoms with E-state index in [-0.39, 0.29) is 18.8 Å². The molecule has 0 saturated carbocycles. The molecular weight excluding hydrogens is 275 g/mol. The van der Waals surface area contributed by atoms with Crippen LogP contribution in [0.5, 0.6) is 0 Å². The Bertz CT molecular complexity index is 482. The minimum atomic E-state index is -1.21. The quantitative estimate of drug-likeness (QED) is 0.667. The third-order valence-electron chi connectivity index (χ3n) is 2.77. The lowest BCUT2D eigenvalue weighted by molar-refractivity contribution is -0.147. The van der Waals surface area contributed by atoms with Crippen molar-refractivity contribution in [2.45, 2.75) is 24.8 Å². The number of carbonyl (C=O) groups is 1. The van der Waals surface area contributed by atoms with E-state index in [4.69, 9.17) is 27.9 Å². The van der Waals surface area contributed by atoms with E-state index in [0.717, 1.165) is 0 Å². The van der Waals surface area contributed by atoms with E-state index in [1.165, 1.54) is 0 Å². The highest BCUT2D eigenvalue weighted by Gasteiger charge is 2.47. The van der Waals surface area contributed by atoms with Gasteiger partial charge >= 0.3 is 5.97 Å². The number of halogens is 2. The van der Waals surface area contributed by atoms with Gasteiger partial charge in [0.15, 0.2) is 11.4 Å². The lowest BCUT2D eigenvalue weighted by Crippen LogP contribution is -2.25. The van der Waals surface area contributed by atoms with E-state index >= 15 is 0 Å². The molecule has 0 radical (unpaired) electrons. The van der Waals surface area contributed by atoms with Gasteiger partial charge in [0.05, 0.1) is 0 Å². The maximum absolute atomic E-state index is 11.6. The lowest BCUT2D eigenvalue weighted by atomic mass is 9.93. The molecule has 0 aliphatic carbocycles. The van der Waals surface area contributed by atoms with Crippen LogP contribution < -0.4 is 0 Å². The van der Waals surface area contributed by atoms with Crippen molar-refractivity contribution >= 4 is 29.2 Å².